The second-order valence-electron chi connectivity index (χ2n) is 6.05. The Bertz CT molecular complexity index is 796. The maximum absolute atomic E-state index is 12.6. The molecule has 1 fully saturated rings. The van der Waals surface area contributed by atoms with Gasteiger partial charge in [-0.2, -0.15) is 0 Å². The molecule has 0 aromatic heterocycles. The van der Waals surface area contributed by atoms with E-state index in [1.54, 1.807) is 30.0 Å². The molecule has 3 rings (SSSR count). The van der Waals surface area contributed by atoms with Gasteiger partial charge in [0, 0.05) is 49.1 Å². The number of carbonyl (C=O) groups is 1. The molecule has 1 N–H and O–H groups in total. The number of aromatic hydroxyl groups is 1. The number of benzene rings is 2. The predicted octanol–water partition coefficient (Wildman–Crippen LogP) is 2.57. The zero-order chi connectivity index (χ0) is 18.0. The van der Waals surface area contributed by atoms with Gasteiger partial charge in [-0.25, -0.2) is 0 Å². The third-order valence-corrected chi connectivity index (χ3v) is 4.42. The molecule has 1 aliphatic heterocycles. The lowest BCUT2D eigenvalue weighted by Gasteiger charge is -2.36. The molecule has 7 heteroatoms. The van der Waals surface area contributed by atoms with Crippen molar-refractivity contribution in [2.45, 2.75) is 6.92 Å². The van der Waals surface area contributed by atoms with Gasteiger partial charge in [-0.05, 0) is 43.3 Å². The Kier molecular flexibility index (Phi) is 4.56. The van der Waals surface area contributed by atoms with Crippen LogP contribution in [0, 0.1) is 17.0 Å². The molecule has 0 bridgehead atoms. The van der Waals surface area contributed by atoms with Crippen molar-refractivity contribution in [3.05, 3.63) is 63.7 Å². The van der Waals surface area contributed by atoms with E-state index in [2.05, 4.69) is 4.90 Å². The average Bonchev–Trinajstić information content (AvgIpc) is 2.61. The summed E-state index contributed by atoms with van der Waals surface area (Å²) in [5.74, 6) is 0.120. The van der Waals surface area contributed by atoms with Crippen molar-refractivity contribution in [2.24, 2.45) is 0 Å². The van der Waals surface area contributed by atoms with Crippen molar-refractivity contribution in [1.29, 1.82) is 0 Å². The third-order valence-electron chi connectivity index (χ3n) is 4.42. The van der Waals surface area contributed by atoms with Crippen LogP contribution in [0.25, 0.3) is 0 Å². The van der Waals surface area contributed by atoms with Crippen molar-refractivity contribution in [3.8, 4) is 5.75 Å². The highest BCUT2D eigenvalue weighted by atomic mass is 16.6. The van der Waals surface area contributed by atoms with E-state index < -0.39 is 4.92 Å². The smallest absolute Gasteiger partial charge is 0.272 e. The molecule has 130 valence electrons. The largest absolute Gasteiger partial charge is 0.508 e. The van der Waals surface area contributed by atoms with Crippen molar-refractivity contribution < 1.29 is 14.8 Å². The summed E-state index contributed by atoms with van der Waals surface area (Å²) in [4.78, 5) is 27.0. The number of carbonyl (C=O) groups excluding carboxylic acids is 1. The van der Waals surface area contributed by atoms with Crippen LogP contribution in [0.3, 0.4) is 0 Å². The molecule has 2 aromatic carbocycles. The molecule has 7 nitrogen and oxygen atoms in total. The lowest BCUT2D eigenvalue weighted by molar-refractivity contribution is -0.385. The third kappa shape index (κ3) is 3.55. The quantitative estimate of drug-likeness (QED) is 0.685. The van der Waals surface area contributed by atoms with E-state index in [1.807, 2.05) is 12.1 Å². The van der Waals surface area contributed by atoms with Gasteiger partial charge >= 0.3 is 0 Å². The number of hydrogen-bond donors (Lipinski definition) is 1. The van der Waals surface area contributed by atoms with E-state index in [-0.39, 0.29) is 17.3 Å². The summed E-state index contributed by atoms with van der Waals surface area (Å²) in [6, 6.07) is 11.5. The molecule has 1 aliphatic rings. The number of rotatable bonds is 3. The summed E-state index contributed by atoms with van der Waals surface area (Å²) in [5.41, 5.74) is 1.99. The van der Waals surface area contributed by atoms with Gasteiger partial charge in [0.2, 0.25) is 0 Å². The fourth-order valence-corrected chi connectivity index (χ4v) is 3.01. The fourth-order valence-electron chi connectivity index (χ4n) is 3.01. The van der Waals surface area contributed by atoms with Gasteiger partial charge in [-0.15, -0.1) is 0 Å². The summed E-state index contributed by atoms with van der Waals surface area (Å²) in [6.45, 7) is 4.19. The normalized spacial score (nSPS) is 14.4. The van der Waals surface area contributed by atoms with Gasteiger partial charge in [0.25, 0.3) is 11.6 Å². The monoisotopic (exact) mass is 341 g/mol. The summed E-state index contributed by atoms with van der Waals surface area (Å²) in [7, 11) is 0. The molecule has 1 saturated heterocycles. The standard InChI is InChI=1S/C18H19N3O4/c1-13-12-14(2-7-17(13)21(24)25)18(23)20-10-8-19(9-11-20)15-3-5-16(22)6-4-15/h2-7,12,22H,8-11H2,1H3. The number of phenols is 1. The fraction of sp³-hybridized carbons (Fsp3) is 0.278. The number of anilines is 1. The minimum absolute atomic E-state index is 0.0219. The molecule has 1 heterocycles. The van der Waals surface area contributed by atoms with Crippen LogP contribution in [0.1, 0.15) is 15.9 Å². The molecule has 0 aliphatic carbocycles. The number of nitrogens with zero attached hydrogens (tertiary/aromatic N) is 3. The number of nitro groups is 1. The highest BCUT2D eigenvalue weighted by molar-refractivity contribution is 5.95. The zero-order valence-corrected chi connectivity index (χ0v) is 13.9. The number of aryl methyl sites for hydroxylation is 1. The highest BCUT2D eigenvalue weighted by Gasteiger charge is 2.23. The van der Waals surface area contributed by atoms with E-state index in [1.165, 1.54) is 12.1 Å². The number of hydrogen-bond acceptors (Lipinski definition) is 5. The maximum Gasteiger partial charge on any atom is 0.272 e. The van der Waals surface area contributed by atoms with Gasteiger partial charge in [-0.3, -0.25) is 14.9 Å². The van der Waals surface area contributed by atoms with Crippen LogP contribution in [0.2, 0.25) is 0 Å². The number of amides is 1. The lowest BCUT2D eigenvalue weighted by atomic mass is 10.1. The molecule has 0 atom stereocenters. The molecule has 0 radical (unpaired) electrons. The molecule has 0 spiro atoms. The Labute approximate surface area is 145 Å². The van der Waals surface area contributed by atoms with E-state index in [0.29, 0.717) is 37.3 Å². The molecule has 1 amide bonds. The van der Waals surface area contributed by atoms with E-state index >= 15 is 0 Å². The van der Waals surface area contributed by atoms with Gasteiger partial charge < -0.3 is 14.9 Å². The Morgan fingerprint density at radius 2 is 1.72 bits per heavy atom. The average molecular weight is 341 g/mol. The summed E-state index contributed by atoms with van der Waals surface area (Å²) in [5, 5.41) is 20.2. The Morgan fingerprint density at radius 3 is 2.28 bits per heavy atom. The molecule has 25 heavy (non-hydrogen) atoms. The van der Waals surface area contributed by atoms with Crippen LogP contribution in [0.15, 0.2) is 42.5 Å². The number of nitro benzene ring substituents is 1. The van der Waals surface area contributed by atoms with Crippen molar-refractivity contribution in [1.82, 2.24) is 4.90 Å². The first-order valence-corrected chi connectivity index (χ1v) is 8.04. The highest BCUT2D eigenvalue weighted by Crippen LogP contribution is 2.22. The molecule has 2 aromatic rings. The van der Waals surface area contributed by atoms with Gasteiger partial charge in [0.15, 0.2) is 0 Å². The van der Waals surface area contributed by atoms with Crippen molar-refractivity contribution in [2.75, 3.05) is 31.1 Å². The minimum Gasteiger partial charge on any atom is -0.508 e. The van der Waals surface area contributed by atoms with Gasteiger partial charge in [0.05, 0.1) is 4.92 Å². The van der Waals surface area contributed by atoms with Crippen LogP contribution in [-0.2, 0) is 0 Å². The second kappa shape index (κ2) is 6.80. The van der Waals surface area contributed by atoms with E-state index in [9.17, 15) is 20.0 Å². The van der Waals surface area contributed by atoms with Gasteiger partial charge in [0.1, 0.15) is 5.75 Å². The Hall–Kier alpha value is -3.09. The first kappa shape index (κ1) is 16.8. The Morgan fingerprint density at radius 1 is 1.08 bits per heavy atom. The summed E-state index contributed by atoms with van der Waals surface area (Å²) < 4.78 is 0. The SMILES string of the molecule is Cc1cc(C(=O)N2CCN(c3ccc(O)cc3)CC2)ccc1[N+](=O)[O-]. The van der Waals surface area contributed by atoms with Crippen LogP contribution >= 0.6 is 0 Å². The topological polar surface area (TPSA) is 86.9 Å². The summed E-state index contributed by atoms with van der Waals surface area (Å²) >= 11 is 0. The van der Waals surface area contributed by atoms with Crippen LogP contribution < -0.4 is 4.90 Å². The maximum atomic E-state index is 12.6. The Balaban J connectivity index is 1.66. The van der Waals surface area contributed by atoms with Gasteiger partial charge in [-0.1, -0.05) is 0 Å². The lowest BCUT2D eigenvalue weighted by Crippen LogP contribution is -2.48. The molecule has 0 unspecified atom stereocenters. The zero-order valence-electron chi connectivity index (χ0n) is 13.9. The molecule has 0 saturated carbocycles. The number of piperazine rings is 1. The van der Waals surface area contributed by atoms with Crippen LogP contribution in [-0.4, -0.2) is 47.0 Å². The number of phenolic OH excluding ortho intramolecular Hbond substituents is 1. The van der Waals surface area contributed by atoms with E-state index in [0.717, 1.165) is 5.69 Å². The van der Waals surface area contributed by atoms with Crippen LogP contribution in [0.5, 0.6) is 5.75 Å². The van der Waals surface area contributed by atoms with E-state index in [4.69, 9.17) is 0 Å². The van der Waals surface area contributed by atoms with Crippen molar-refractivity contribution in [3.63, 3.8) is 0 Å². The van der Waals surface area contributed by atoms with Crippen LogP contribution in [0.4, 0.5) is 11.4 Å². The second-order valence-corrected chi connectivity index (χ2v) is 6.05. The predicted molar refractivity (Wildman–Crippen MR) is 94.1 cm³/mol. The first-order chi connectivity index (χ1) is 12.0. The summed E-state index contributed by atoms with van der Waals surface area (Å²) in [6.07, 6.45) is 0. The van der Waals surface area contributed by atoms with Crippen molar-refractivity contribution >= 4 is 17.3 Å². The molecular weight excluding hydrogens is 322 g/mol. The molecular formula is C18H19N3O4. The minimum atomic E-state index is -0.444. The first-order valence-electron chi connectivity index (χ1n) is 8.04.